The lowest BCUT2D eigenvalue weighted by molar-refractivity contribution is 0.246. The Morgan fingerprint density at radius 1 is 0.943 bits per heavy atom. The topological polar surface area (TPSA) is 93.1 Å². The number of amides is 2. The fourth-order valence-corrected chi connectivity index (χ4v) is 4.65. The molecule has 7 nitrogen and oxygen atoms in total. The summed E-state index contributed by atoms with van der Waals surface area (Å²) in [5, 5.41) is 2.61. The van der Waals surface area contributed by atoms with E-state index >= 15 is 0 Å². The van der Waals surface area contributed by atoms with Gasteiger partial charge in [0.15, 0.2) is 0 Å². The van der Waals surface area contributed by atoms with Crippen molar-refractivity contribution in [2.24, 2.45) is 0 Å². The predicted octanol–water partition coefficient (Wildman–Crippen LogP) is 4.64. The van der Waals surface area contributed by atoms with Crippen LogP contribution in [0.2, 0.25) is 0 Å². The first kappa shape index (κ1) is 24.2. The third-order valence-electron chi connectivity index (χ3n) is 5.64. The van der Waals surface area contributed by atoms with Crippen molar-refractivity contribution in [1.29, 1.82) is 0 Å². The van der Waals surface area contributed by atoms with Crippen LogP contribution in [0.25, 0.3) is 16.9 Å². The minimum Gasteiger partial charge on any atom is -0.337 e. The summed E-state index contributed by atoms with van der Waals surface area (Å²) < 4.78 is 28.8. The fourth-order valence-electron chi connectivity index (χ4n) is 3.72. The SMILES string of the molecule is CCc1nc(-c2ccccc2)cn1-c1ccc(CCNC(=O)NS(=O)(=O)c2ccc(C)cc2)cc1. The van der Waals surface area contributed by atoms with Crippen LogP contribution in [0.1, 0.15) is 23.9 Å². The van der Waals surface area contributed by atoms with Gasteiger partial charge >= 0.3 is 6.03 Å². The second-order valence-corrected chi connectivity index (χ2v) is 9.91. The highest BCUT2D eigenvalue weighted by Gasteiger charge is 2.17. The van der Waals surface area contributed by atoms with Crippen LogP contribution in [0.4, 0.5) is 4.79 Å². The molecule has 0 atom stereocenters. The van der Waals surface area contributed by atoms with Gasteiger partial charge in [-0.25, -0.2) is 22.9 Å². The molecule has 0 aliphatic rings. The first-order valence-electron chi connectivity index (χ1n) is 11.5. The Bertz CT molecular complexity index is 1400. The van der Waals surface area contributed by atoms with Gasteiger partial charge in [-0.2, -0.15) is 0 Å². The summed E-state index contributed by atoms with van der Waals surface area (Å²) in [6.07, 6.45) is 3.42. The number of carbonyl (C=O) groups is 1. The average molecular weight is 489 g/mol. The maximum Gasteiger partial charge on any atom is 0.328 e. The van der Waals surface area contributed by atoms with E-state index in [4.69, 9.17) is 4.98 Å². The van der Waals surface area contributed by atoms with Gasteiger partial charge in [0.05, 0.1) is 10.6 Å². The van der Waals surface area contributed by atoms with Crippen molar-refractivity contribution in [3.63, 3.8) is 0 Å². The molecule has 0 aliphatic heterocycles. The molecule has 0 spiro atoms. The lowest BCUT2D eigenvalue weighted by Gasteiger charge is -2.10. The minimum atomic E-state index is -3.90. The predicted molar refractivity (Wildman–Crippen MR) is 137 cm³/mol. The van der Waals surface area contributed by atoms with Gasteiger partial charge in [-0.3, -0.25) is 0 Å². The molecule has 1 aromatic heterocycles. The van der Waals surface area contributed by atoms with Crippen molar-refractivity contribution in [2.75, 3.05) is 6.54 Å². The number of imidazole rings is 1. The zero-order chi connectivity index (χ0) is 24.8. The van der Waals surface area contributed by atoms with E-state index in [0.29, 0.717) is 13.0 Å². The zero-order valence-electron chi connectivity index (χ0n) is 19.7. The maximum absolute atomic E-state index is 12.3. The Morgan fingerprint density at radius 3 is 2.29 bits per heavy atom. The van der Waals surface area contributed by atoms with Crippen molar-refractivity contribution < 1.29 is 13.2 Å². The maximum atomic E-state index is 12.3. The molecular weight excluding hydrogens is 460 g/mol. The molecule has 0 radical (unpaired) electrons. The normalized spacial score (nSPS) is 11.3. The first-order valence-corrected chi connectivity index (χ1v) is 12.9. The van der Waals surface area contributed by atoms with Gasteiger partial charge in [0.25, 0.3) is 10.0 Å². The van der Waals surface area contributed by atoms with Gasteiger partial charge in [-0.1, -0.05) is 67.1 Å². The monoisotopic (exact) mass is 488 g/mol. The number of nitrogens with one attached hydrogen (secondary N) is 2. The Morgan fingerprint density at radius 2 is 1.63 bits per heavy atom. The summed E-state index contributed by atoms with van der Waals surface area (Å²) in [6.45, 7) is 4.25. The third-order valence-corrected chi connectivity index (χ3v) is 6.98. The van der Waals surface area contributed by atoms with E-state index in [0.717, 1.165) is 40.3 Å². The third kappa shape index (κ3) is 5.96. The van der Waals surface area contributed by atoms with Crippen LogP contribution in [-0.4, -0.2) is 30.5 Å². The molecule has 1 heterocycles. The van der Waals surface area contributed by atoms with E-state index < -0.39 is 16.1 Å². The number of aromatic nitrogens is 2. The lowest BCUT2D eigenvalue weighted by Crippen LogP contribution is -2.40. The highest BCUT2D eigenvalue weighted by Crippen LogP contribution is 2.22. The number of carbonyl (C=O) groups excluding carboxylic acids is 1. The molecule has 2 N–H and O–H groups in total. The van der Waals surface area contributed by atoms with Crippen molar-refractivity contribution in [3.8, 4) is 16.9 Å². The summed E-state index contributed by atoms with van der Waals surface area (Å²) in [6, 6.07) is 23.7. The zero-order valence-corrected chi connectivity index (χ0v) is 20.5. The van der Waals surface area contributed by atoms with Crippen LogP contribution in [-0.2, 0) is 22.9 Å². The van der Waals surface area contributed by atoms with Gasteiger partial charge < -0.3 is 9.88 Å². The van der Waals surface area contributed by atoms with Crippen molar-refractivity contribution in [3.05, 3.63) is 102 Å². The quantitative estimate of drug-likeness (QED) is 0.378. The van der Waals surface area contributed by atoms with Gasteiger partial charge in [0.1, 0.15) is 5.82 Å². The largest absolute Gasteiger partial charge is 0.337 e. The standard InChI is InChI=1S/C27H28N4O3S/c1-3-26-29-25(22-7-5-4-6-8-22)19-31(26)23-13-11-21(12-14-23)17-18-28-27(32)30-35(33,34)24-15-9-20(2)10-16-24/h4-16,19H,3,17-18H2,1-2H3,(H2,28,30,32). The Kier molecular flexibility index (Phi) is 7.31. The number of rotatable bonds is 8. The molecular formula is C27H28N4O3S. The van der Waals surface area contributed by atoms with E-state index in [-0.39, 0.29) is 4.90 Å². The van der Waals surface area contributed by atoms with Crippen LogP contribution >= 0.6 is 0 Å². The number of benzene rings is 3. The average Bonchev–Trinajstić information content (AvgIpc) is 3.30. The van der Waals surface area contributed by atoms with Gasteiger partial charge in [0, 0.05) is 30.4 Å². The molecule has 8 heteroatoms. The summed E-state index contributed by atoms with van der Waals surface area (Å²) >= 11 is 0. The highest BCUT2D eigenvalue weighted by atomic mass is 32.2. The Hall–Kier alpha value is -3.91. The van der Waals surface area contributed by atoms with Crippen LogP contribution in [0.5, 0.6) is 0 Å². The fraction of sp³-hybridized carbons (Fsp3) is 0.185. The van der Waals surface area contributed by atoms with E-state index in [1.165, 1.54) is 12.1 Å². The van der Waals surface area contributed by atoms with E-state index in [9.17, 15) is 13.2 Å². The first-order chi connectivity index (χ1) is 16.9. The summed E-state index contributed by atoms with van der Waals surface area (Å²) in [5.41, 5.74) is 4.98. The molecule has 0 aliphatic carbocycles. The smallest absolute Gasteiger partial charge is 0.328 e. The van der Waals surface area contributed by atoms with Crippen LogP contribution < -0.4 is 10.0 Å². The molecule has 0 saturated heterocycles. The molecule has 0 unspecified atom stereocenters. The number of aryl methyl sites for hydroxylation is 2. The number of hydrogen-bond donors (Lipinski definition) is 2. The molecule has 2 amide bonds. The van der Waals surface area contributed by atoms with E-state index in [1.54, 1.807) is 12.1 Å². The second-order valence-electron chi connectivity index (χ2n) is 8.22. The van der Waals surface area contributed by atoms with Crippen molar-refractivity contribution in [2.45, 2.75) is 31.6 Å². The summed E-state index contributed by atoms with van der Waals surface area (Å²) in [7, 11) is -3.90. The Balaban J connectivity index is 1.35. The number of nitrogens with zero attached hydrogens (tertiary/aromatic N) is 2. The van der Waals surface area contributed by atoms with E-state index in [2.05, 4.69) is 16.8 Å². The molecule has 0 fully saturated rings. The lowest BCUT2D eigenvalue weighted by atomic mass is 10.1. The molecule has 4 aromatic rings. The van der Waals surface area contributed by atoms with Crippen LogP contribution in [0.15, 0.2) is 90.0 Å². The summed E-state index contributed by atoms with van der Waals surface area (Å²) in [4.78, 5) is 16.9. The van der Waals surface area contributed by atoms with E-state index in [1.807, 2.05) is 72.4 Å². The highest BCUT2D eigenvalue weighted by molar-refractivity contribution is 7.90. The van der Waals surface area contributed by atoms with Crippen molar-refractivity contribution in [1.82, 2.24) is 19.6 Å². The molecule has 35 heavy (non-hydrogen) atoms. The Labute approximate surface area is 205 Å². The molecule has 3 aromatic carbocycles. The molecule has 0 bridgehead atoms. The molecule has 4 rings (SSSR count). The molecule has 0 saturated carbocycles. The summed E-state index contributed by atoms with van der Waals surface area (Å²) in [5.74, 6) is 0.977. The minimum absolute atomic E-state index is 0.0511. The van der Waals surface area contributed by atoms with Gasteiger partial charge in [0.2, 0.25) is 0 Å². The van der Waals surface area contributed by atoms with Crippen molar-refractivity contribution >= 4 is 16.1 Å². The van der Waals surface area contributed by atoms with Gasteiger partial charge in [-0.15, -0.1) is 0 Å². The number of hydrogen-bond acceptors (Lipinski definition) is 4. The van der Waals surface area contributed by atoms with Crippen LogP contribution in [0.3, 0.4) is 0 Å². The number of urea groups is 1. The molecule has 180 valence electrons. The second kappa shape index (κ2) is 10.6. The van der Waals surface area contributed by atoms with Gasteiger partial charge in [-0.05, 0) is 43.2 Å². The van der Waals surface area contributed by atoms with Crippen LogP contribution in [0, 0.1) is 6.92 Å². The number of sulfonamides is 1.